The summed E-state index contributed by atoms with van der Waals surface area (Å²) >= 11 is 0. The summed E-state index contributed by atoms with van der Waals surface area (Å²) in [7, 11) is 1.39. The zero-order valence-electron chi connectivity index (χ0n) is 14.8. The molecule has 0 saturated heterocycles. The fraction of sp³-hybridized carbons (Fsp3) is 0.471. The Kier molecular flexibility index (Phi) is 5.31. The van der Waals surface area contributed by atoms with E-state index in [1.165, 1.54) is 11.8 Å². The number of carbonyl (C=O) groups excluding carboxylic acids is 1. The number of aromatic nitrogens is 4. The van der Waals surface area contributed by atoms with Crippen LogP contribution in [0.15, 0.2) is 17.4 Å². The molecule has 3 rings (SSSR count). The molecule has 9 heteroatoms. The molecule has 0 N–H and O–H groups in total. The summed E-state index contributed by atoms with van der Waals surface area (Å²) in [6, 6.07) is 4.03. The van der Waals surface area contributed by atoms with Gasteiger partial charge in [-0.25, -0.2) is 4.68 Å². The van der Waals surface area contributed by atoms with Crippen molar-refractivity contribution in [3.8, 4) is 6.07 Å². The van der Waals surface area contributed by atoms with Crippen molar-refractivity contribution >= 4 is 11.7 Å². The fourth-order valence-corrected chi connectivity index (χ4v) is 3.05. The van der Waals surface area contributed by atoms with Gasteiger partial charge in [0.15, 0.2) is 6.61 Å². The number of hydrogen-bond acceptors (Lipinski definition) is 7. The normalized spacial score (nSPS) is 14.7. The van der Waals surface area contributed by atoms with Gasteiger partial charge >= 0.3 is 5.97 Å². The lowest BCUT2D eigenvalue weighted by Gasteiger charge is -2.17. The van der Waals surface area contributed by atoms with E-state index in [0.29, 0.717) is 5.69 Å². The number of hydrogen-bond donors (Lipinski definition) is 0. The van der Waals surface area contributed by atoms with Crippen molar-refractivity contribution in [2.24, 2.45) is 5.16 Å². The van der Waals surface area contributed by atoms with Gasteiger partial charge in [0.25, 0.3) is 0 Å². The van der Waals surface area contributed by atoms with Crippen LogP contribution in [0.3, 0.4) is 0 Å². The molecule has 0 unspecified atom stereocenters. The van der Waals surface area contributed by atoms with Crippen LogP contribution >= 0.6 is 0 Å². The number of fused-ring (bicyclic) bond motifs is 1. The molecule has 2 aromatic heterocycles. The Labute approximate surface area is 150 Å². The first-order valence-electron chi connectivity index (χ1n) is 8.33. The van der Waals surface area contributed by atoms with Crippen molar-refractivity contribution in [3.05, 3.63) is 34.9 Å². The van der Waals surface area contributed by atoms with Crippen LogP contribution in [0, 0.1) is 18.3 Å². The van der Waals surface area contributed by atoms with Crippen molar-refractivity contribution in [1.82, 2.24) is 19.6 Å². The van der Waals surface area contributed by atoms with Gasteiger partial charge in [0.1, 0.15) is 18.8 Å². The predicted octanol–water partition coefficient (Wildman–Crippen LogP) is 1.34. The molecular weight excluding hydrogens is 336 g/mol. The molecule has 0 amide bonds. The van der Waals surface area contributed by atoms with E-state index < -0.39 is 0 Å². The second kappa shape index (κ2) is 7.82. The summed E-state index contributed by atoms with van der Waals surface area (Å²) < 4.78 is 8.20. The van der Waals surface area contributed by atoms with E-state index in [0.717, 1.165) is 41.9 Å². The molecule has 26 heavy (non-hydrogen) atoms. The lowest BCUT2D eigenvalue weighted by Crippen LogP contribution is -2.19. The van der Waals surface area contributed by atoms with Crippen LogP contribution in [0.5, 0.6) is 0 Å². The van der Waals surface area contributed by atoms with Crippen LogP contribution in [0.1, 0.15) is 35.5 Å². The number of esters is 1. The molecular formula is C17H20N6O3. The van der Waals surface area contributed by atoms with Crippen molar-refractivity contribution < 1.29 is 14.4 Å². The second-order valence-corrected chi connectivity index (χ2v) is 6.04. The van der Waals surface area contributed by atoms with Gasteiger partial charge in [-0.05, 0) is 32.3 Å². The highest BCUT2D eigenvalue weighted by atomic mass is 16.6. The van der Waals surface area contributed by atoms with Gasteiger partial charge in [-0.3, -0.25) is 4.79 Å². The predicted molar refractivity (Wildman–Crippen MR) is 91.1 cm³/mol. The molecule has 0 atom stereocenters. The SMILES string of the molecule is COC(=O)Cn1c(C)cc2c1CCC/C2=N/OCc1cn(CC#N)nn1. The Hall–Kier alpha value is -3.15. The van der Waals surface area contributed by atoms with Crippen molar-refractivity contribution in [3.63, 3.8) is 0 Å². The van der Waals surface area contributed by atoms with Gasteiger partial charge in [0.05, 0.1) is 25.1 Å². The van der Waals surface area contributed by atoms with E-state index in [-0.39, 0.29) is 25.7 Å². The van der Waals surface area contributed by atoms with Crippen molar-refractivity contribution in [2.75, 3.05) is 7.11 Å². The van der Waals surface area contributed by atoms with Crippen LogP contribution in [0.2, 0.25) is 0 Å². The maximum absolute atomic E-state index is 11.6. The summed E-state index contributed by atoms with van der Waals surface area (Å²) in [4.78, 5) is 17.1. The van der Waals surface area contributed by atoms with Crippen LogP contribution in [-0.4, -0.2) is 38.4 Å². The highest BCUT2D eigenvalue weighted by Gasteiger charge is 2.23. The van der Waals surface area contributed by atoms with Gasteiger partial charge in [-0.1, -0.05) is 10.4 Å². The lowest BCUT2D eigenvalue weighted by molar-refractivity contribution is -0.141. The van der Waals surface area contributed by atoms with Crippen LogP contribution in [-0.2, 0) is 40.5 Å². The van der Waals surface area contributed by atoms with Gasteiger partial charge < -0.3 is 14.1 Å². The third-order valence-corrected chi connectivity index (χ3v) is 4.27. The average Bonchev–Trinajstić information content (AvgIpc) is 3.20. The smallest absolute Gasteiger partial charge is 0.325 e. The number of rotatable bonds is 6. The molecule has 1 aliphatic rings. The van der Waals surface area contributed by atoms with E-state index in [4.69, 9.17) is 14.8 Å². The first-order chi connectivity index (χ1) is 12.6. The number of aryl methyl sites for hydroxylation is 1. The Morgan fingerprint density at radius 3 is 3.08 bits per heavy atom. The molecule has 0 aliphatic heterocycles. The van der Waals surface area contributed by atoms with Crippen molar-refractivity contribution in [2.45, 2.75) is 45.9 Å². The highest BCUT2D eigenvalue weighted by Crippen LogP contribution is 2.26. The summed E-state index contributed by atoms with van der Waals surface area (Å²) in [5, 5.41) is 20.7. The zero-order chi connectivity index (χ0) is 18.5. The molecule has 136 valence electrons. The summed E-state index contributed by atoms with van der Waals surface area (Å²) in [5.41, 5.74) is 4.57. The topological polar surface area (TPSA) is 107 Å². The number of nitrogens with zero attached hydrogens (tertiary/aromatic N) is 6. The van der Waals surface area contributed by atoms with Crippen LogP contribution in [0.25, 0.3) is 0 Å². The Balaban J connectivity index is 1.72. The molecule has 0 aromatic carbocycles. The lowest BCUT2D eigenvalue weighted by atomic mass is 9.96. The van der Waals surface area contributed by atoms with Gasteiger partial charge in [-0.2, -0.15) is 5.26 Å². The Morgan fingerprint density at radius 1 is 1.46 bits per heavy atom. The summed E-state index contributed by atoms with van der Waals surface area (Å²) in [5.74, 6) is -0.271. The minimum absolute atomic E-state index is 0.151. The third kappa shape index (κ3) is 3.74. The van der Waals surface area contributed by atoms with E-state index in [1.54, 1.807) is 6.20 Å². The number of carbonyl (C=O) groups is 1. The third-order valence-electron chi connectivity index (χ3n) is 4.27. The van der Waals surface area contributed by atoms with Crippen molar-refractivity contribution in [1.29, 1.82) is 5.26 Å². The maximum atomic E-state index is 11.6. The van der Waals surface area contributed by atoms with Crippen LogP contribution in [0.4, 0.5) is 0 Å². The van der Waals surface area contributed by atoms with Gasteiger partial charge in [0.2, 0.25) is 0 Å². The Bertz CT molecular complexity index is 874. The molecule has 9 nitrogen and oxygen atoms in total. The molecule has 0 fully saturated rings. The molecule has 0 bridgehead atoms. The monoisotopic (exact) mass is 356 g/mol. The standard InChI is InChI=1S/C17H20N6O3/c1-12-8-14-15(4-3-5-16(14)23(12)10-17(24)25-2)20-26-11-13-9-22(7-6-18)21-19-13/h8-9H,3-5,7,10-11H2,1-2H3/b20-15-. The largest absolute Gasteiger partial charge is 0.468 e. The van der Waals surface area contributed by atoms with E-state index >= 15 is 0 Å². The maximum Gasteiger partial charge on any atom is 0.325 e. The first kappa shape index (κ1) is 17.7. The zero-order valence-corrected chi connectivity index (χ0v) is 14.8. The van der Waals surface area contributed by atoms with Crippen LogP contribution < -0.4 is 0 Å². The van der Waals surface area contributed by atoms with Gasteiger partial charge in [-0.15, -0.1) is 5.10 Å². The van der Waals surface area contributed by atoms with E-state index in [2.05, 4.69) is 15.5 Å². The number of ether oxygens (including phenoxy) is 1. The highest BCUT2D eigenvalue weighted by molar-refractivity contribution is 6.02. The molecule has 2 heterocycles. The number of methoxy groups -OCH3 is 1. The number of nitriles is 1. The molecule has 0 spiro atoms. The average molecular weight is 356 g/mol. The molecule has 0 saturated carbocycles. The first-order valence-corrected chi connectivity index (χ1v) is 8.33. The molecule has 1 aliphatic carbocycles. The molecule has 2 aromatic rings. The van der Waals surface area contributed by atoms with E-state index in [9.17, 15) is 4.79 Å². The quantitative estimate of drug-likeness (QED) is 0.571. The summed E-state index contributed by atoms with van der Waals surface area (Å²) in [6.45, 7) is 2.50. The second-order valence-electron chi connectivity index (χ2n) is 6.04. The number of oxime groups is 1. The fourth-order valence-electron chi connectivity index (χ4n) is 3.05. The van der Waals surface area contributed by atoms with E-state index in [1.807, 2.05) is 23.6 Å². The Morgan fingerprint density at radius 2 is 2.31 bits per heavy atom. The minimum Gasteiger partial charge on any atom is -0.468 e. The molecule has 0 radical (unpaired) electrons. The summed E-state index contributed by atoms with van der Waals surface area (Å²) in [6.07, 6.45) is 4.31. The minimum atomic E-state index is -0.271. The van der Waals surface area contributed by atoms with Gasteiger partial charge in [0, 0.05) is 17.0 Å².